The van der Waals surface area contributed by atoms with Crippen LogP contribution in [0.2, 0.25) is 0 Å². The lowest BCUT2D eigenvalue weighted by Gasteiger charge is -2.44. The number of hydrogen-bond donors (Lipinski definition) is 2. The number of nitrogens with zero attached hydrogens (tertiary/aromatic N) is 3. The summed E-state index contributed by atoms with van der Waals surface area (Å²) in [4.78, 5) is 39.6. The first-order valence-electron chi connectivity index (χ1n) is 9.88. The first-order chi connectivity index (χ1) is 14.5. The molecule has 8 nitrogen and oxygen atoms in total. The van der Waals surface area contributed by atoms with Gasteiger partial charge in [0.25, 0.3) is 5.91 Å². The number of pyridine rings is 1. The molecular weight excluding hydrogens is 402 g/mol. The van der Waals surface area contributed by atoms with Crippen LogP contribution in [0.1, 0.15) is 33.8 Å². The molecule has 1 spiro atoms. The predicted octanol–water partition coefficient (Wildman–Crippen LogP) is 2.18. The summed E-state index contributed by atoms with van der Waals surface area (Å²) in [5, 5.41) is 0. The van der Waals surface area contributed by atoms with E-state index in [1.807, 2.05) is 0 Å². The second-order valence-corrected chi connectivity index (χ2v) is 8.72. The lowest BCUT2D eigenvalue weighted by atomic mass is 9.82. The van der Waals surface area contributed by atoms with Gasteiger partial charge in [0.15, 0.2) is 0 Å². The van der Waals surface area contributed by atoms with Crippen LogP contribution in [-0.4, -0.2) is 45.5 Å². The van der Waals surface area contributed by atoms with Gasteiger partial charge in [0.2, 0.25) is 5.56 Å². The molecule has 0 bridgehead atoms. The predicted molar refractivity (Wildman–Crippen MR) is 113 cm³/mol. The zero-order chi connectivity index (χ0) is 20.7. The molecule has 1 saturated heterocycles. The van der Waals surface area contributed by atoms with Crippen molar-refractivity contribution in [2.45, 2.75) is 24.9 Å². The Kier molecular flexibility index (Phi) is 4.63. The maximum atomic E-state index is 12.8. The van der Waals surface area contributed by atoms with Crippen LogP contribution in [0.15, 0.2) is 41.5 Å². The van der Waals surface area contributed by atoms with Gasteiger partial charge in [-0.2, -0.15) is 0 Å². The molecule has 0 aromatic carbocycles. The van der Waals surface area contributed by atoms with E-state index in [9.17, 15) is 9.59 Å². The summed E-state index contributed by atoms with van der Waals surface area (Å²) in [6.45, 7) is 1.81. The molecule has 30 heavy (non-hydrogen) atoms. The molecule has 3 aromatic heterocycles. The SMILES string of the molecule is Nc1cnc(-c2cc3c(s2)CCOC32CCN(C(=O)c3cccc(=O)[nH]3)CC2)cn1. The molecule has 2 aliphatic rings. The van der Waals surface area contributed by atoms with Gasteiger partial charge in [-0.15, -0.1) is 11.3 Å². The fraction of sp³-hybridized carbons (Fsp3) is 0.333. The molecule has 9 heteroatoms. The number of piperidine rings is 1. The number of H-pyrrole nitrogens is 1. The summed E-state index contributed by atoms with van der Waals surface area (Å²) >= 11 is 1.72. The van der Waals surface area contributed by atoms with Crippen LogP contribution < -0.4 is 11.3 Å². The van der Waals surface area contributed by atoms with Gasteiger partial charge in [-0.25, -0.2) is 9.97 Å². The van der Waals surface area contributed by atoms with Crippen molar-refractivity contribution in [2.24, 2.45) is 0 Å². The third-order valence-electron chi connectivity index (χ3n) is 5.79. The minimum Gasteiger partial charge on any atom is -0.382 e. The number of nitrogens with two attached hydrogens (primary N) is 1. The highest BCUT2D eigenvalue weighted by molar-refractivity contribution is 7.15. The van der Waals surface area contributed by atoms with E-state index in [4.69, 9.17) is 10.5 Å². The quantitative estimate of drug-likeness (QED) is 0.653. The number of thiophene rings is 1. The van der Waals surface area contributed by atoms with Crippen molar-refractivity contribution in [3.05, 3.63) is 63.1 Å². The topological polar surface area (TPSA) is 114 Å². The maximum absolute atomic E-state index is 12.8. The lowest BCUT2D eigenvalue weighted by Crippen LogP contribution is -2.48. The number of rotatable bonds is 2. The summed E-state index contributed by atoms with van der Waals surface area (Å²) in [6, 6.07) is 6.80. The summed E-state index contributed by atoms with van der Waals surface area (Å²) < 4.78 is 6.31. The van der Waals surface area contributed by atoms with Crippen molar-refractivity contribution in [3.63, 3.8) is 0 Å². The summed E-state index contributed by atoms with van der Waals surface area (Å²) in [7, 11) is 0. The number of aromatic nitrogens is 3. The van der Waals surface area contributed by atoms with Crippen LogP contribution in [0.4, 0.5) is 5.82 Å². The van der Waals surface area contributed by atoms with Gasteiger partial charge < -0.3 is 20.4 Å². The van der Waals surface area contributed by atoms with Crippen molar-refractivity contribution in [2.75, 3.05) is 25.4 Å². The first kappa shape index (κ1) is 19.0. The second-order valence-electron chi connectivity index (χ2n) is 7.59. The molecule has 3 N–H and O–H groups in total. The molecule has 2 aliphatic heterocycles. The number of likely N-dealkylation sites (tertiary alicyclic amines) is 1. The molecule has 5 heterocycles. The molecule has 0 radical (unpaired) electrons. The maximum Gasteiger partial charge on any atom is 0.270 e. The highest BCUT2D eigenvalue weighted by Crippen LogP contribution is 2.46. The van der Waals surface area contributed by atoms with Crippen molar-refractivity contribution in [1.82, 2.24) is 19.9 Å². The van der Waals surface area contributed by atoms with E-state index in [0.717, 1.165) is 17.0 Å². The van der Waals surface area contributed by atoms with E-state index in [2.05, 4.69) is 21.0 Å². The number of nitrogens with one attached hydrogen (secondary N) is 1. The number of hydrogen-bond acceptors (Lipinski definition) is 7. The molecule has 1 fully saturated rings. The van der Waals surface area contributed by atoms with E-state index < -0.39 is 0 Å². The van der Waals surface area contributed by atoms with Crippen molar-refractivity contribution in [3.8, 4) is 10.6 Å². The second kappa shape index (κ2) is 7.33. The van der Waals surface area contributed by atoms with Gasteiger partial charge in [0, 0.05) is 30.5 Å². The number of aromatic amines is 1. The Labute approximate surface area is 176 Å². The van der Waals surface area contributed by atoms with E-state index in [1.54, 1.807) is 40.8 Å². The van der Waals surface area contributed by atoms with Crippen LogP contribution in [0.5, 0.6) is 0 Å². The summed E-state index contributed by atoms with van der Waals surface area (Å²) in [5.74, 6) is 0.249. The fourth-order valence-corrected chi connectivity index (χ4v) is 5.43. The molecule has 0 atom stereocenters. The van der Waals surface area contributed by atoms with Gasteiger partial charge in [0.1, 0.15) is 11.5 Å². The van der Waals surface area contributed by atoms with Gasteiger partial charge in [-0.1, -0.05) is 6.07 Å². The number of fused-ring (bicyclic) bond motifs is 2. The van der Waals surface area contributed by atoms with Crippen LogP contribution in [0, 0.1) is 0 Å². The Morgan fingerprint density at radius 3 is 2.80 bits per heavy atom. The zero-order valence-corrected chi connectivity index (χ0v) is 17.1. The van der Waals surface area contributed by atoms with E-state index in [-0.39, 0.29) is 17.1 Å². The van der Waals surface area contributed by atoms with Crippen LogP contribution in [-0.2, 0) is 16.8 Å². The van der Waals surface area contributed by atoms with Crippen LogP contribution >= 0.6 is 11.3 Å². The number of carbonyl (C=O) groups is 1. The van der Waals surface area contributed by atoms with Gasteiger partial charge in [-0.3, -0.25) is 9.59 Å². The van der Waals surface area contributed by atoms with E-state index >= 15 is 0 Å². The Balaban J connectivity index is 1.38. The molecule has 3 aromatic rings. The summed E-state index contributed by atoms with van der Waals surface area (Å²) in [6.07, 6.45) is 5.57. The van der Waals surface area contributed by atoms with Gasteiger partial charge in [0.05, 0.1) is 35.2 Å². The van der Waals surface area contributed by atoms with Gasteiger partial charge in [-0.05, 0) is 30.5 Å². The molecular formula is C21H21N5O3S. The Morgan fingerprint density at radius 1 is 1.23 bits per heavy atom. The fourth-order valence-electron chi connectivity index (χ4n) is 4.24. The molecule has 0 unspecified atom stereocenters. The largest absolute Gasteiger partial charge is 0.382 e. The van der Waals surface area contributed by atoms with Crippen molar-refractivity contribution in [1.29, 1.82) is 0 Å². The molecule has 5 rings (SSSR count). The normalized spacial score (nSPS) is 17.7. The van der Waals surface area contributed by atoms with Gasteiger partial charge >= 0.3 is 0 Å². The number of nitrogen functional groups attached to an aromatic ring is 1. The zero-order valence-electron chi connectivity index (χ0n) is 16.3. The molecule has 0 aliphatic carbocycles. The minimum atomic E-state index is -0.384. The number of ether oxygens (including phenoxy) is 1. The summed E-state index contributed by atoms with van der Waals surface area (Å²) in [5.41, 5.74) is 7.33. The Hall–Kier alpha value is -3.04. The highest BCUT2D eigenvalue weighted by Gasteiger charge is 2.43. The molecule has 0 saturated carbocycles. The third kappa shape index (κ3) is 3.29. The Morgan fingerprint density at radius 2 is 2.07 bits per heavy atom. The average molecular weight is 423 g/mol. The molecule has 1 amide bonds. The van der Waals surface area contributed by atoms with Crippen molar-refractivity contribution < 1.29 is 9.53 Å². The lowest BCUT2D eigenvalue weighted by molar-refractivity contribution is -0.0926. The first-order valence-corrected chi connectivity index (χ1v) is 10.7. The number of carbonyl (C=O) groups excluding carboxylic acids is 1. The monoisotopic (exact) mass is 423 g/mol. The average Bonchev–Trinajstić information content (AvgIpc) is 3.20. The van der Waals surface area contributed by atoms with E-state index in [1.165, 1.54) is 16.5 Å². The third-order valence-corrected chi connectivity index (χ3v) is 7.01. The van der Waals surface area contributed by atoms with Crippen LogP contribution in [0.25, 0.3) is 10.6 Å². The van der Waals surface area contributed by atoms with Crippen LogP contribution in [0.3, 0.4) is 0 Å². The van der Waals surface area contributed by atoms with Crippen molar-refractivity contribution >= 4 is 23.1 Å². The number of amides is 1. The molecule has 154 valence electrons. The smallest absolute Gasteiger partial charge is 0.270 e. The standard InChI is InChI=1S/C21H21N5O3S/c22-18-12-23-15(11-24-18)17-10-13-16(30-17)4-9-29-21(13)5-7-26(8-6-21)20(28)14-2-1-3-19(27)25-14/h1-3,10-12H,4-9H2,(H2,22,24)(H,25,27). The number of anilines is 1. The highest BCUT2D eigenvalue weighted by atomic mass is 32.1. The Bertz CT molecular complexity index is 1150. The van der Waals surface area contributed by atoms with E-state index in [0.29, 0.717) is 44.0 Å². The minimum absolute atomic E-state index is 0.151.